The molecule has 2 aromatic heterocycles. The number of carbonyl (C=O) groups is 1. The fourth-order valence-electron chi connectivity index (χ4n) is 3.45. The van der Waals surface area contributed by atoms with Crippen LogP contribution in [0.3, 0.4) is 0 Å². The number of halogens is 3. The molecule has 1 amide bonds. The molecule has 9 heteroatoms. The minimum Gasteiger partial charge on any atom is -0.348 e. The maximum absolute atomic E-state index is 13.3. The molecule has 3 aromatic carbocycles. The molecule has 154 valence electrons. The van der Waals surface area contributed by atoms with Gasteiger partial charge in [-0.3, -0.25) is 14.5 Å². The number of carbonyl (C=O) groups excluding carboxylic acids is 1. The Morgan fingerprint density at radius 2 is 1.81 bits per heavy atom. The number of nitrogens with one attached hydrogen (secondary N) is 2. The molecule has 0 saturated carbocycles. The van der Waals surface area contributed by atoms with Crippen LogP contribution in [-0.2, 0) is 6.54 Å². The first-order valence-corrected chi connectivity index (χ1v) is 9.33. The lowest BCUT2D eigenvalue weighted by Gasteiger charge is -2.07. The summed E-state index contributed by atoms with van der Waals surface area (Å²) in [6, 6.07) is 14.4. The number of amides is 1. The average Bonchev–Trinajstić information content (AvgIpc) is 3.39. The first-order chi connectivity index (χ1) is 15.0. The Labute approximate surface area is 173 Å². The Bertz CT molecular complexity index is 1430. The zero-order chi connectivity index (χ0) is 21.5. The van der Waals surface area contributed by atoms with E-state index in [0.29, 0.717) is 16.9 Å². The van der Waals surface area contributed by atoms with Crippen molar-refractivity contribution in [1.82, 2.24) is 25.1 Å². The van der Waals surface area contributed by atoms with Crippen LogP contribution >= 0.6 is 0 Å². The zero-order valence-electron chi connectivity index (χ0n) is 15.9. The lowest BCUT2D eigenvalue weighted by Crippen LogP contribution is -2.23. The van der Waals surface area contributed by atoms with Crippen molar-refractivity contribution in [3.8, 4) is 5.82 Å². The van der Waals surface area contributed by atoms with Crippen molar-refractivity contribution in [2.24, 2.45) is 0 Å². The Morgan fingerprint density at radius 1 is 1.03 bits per heavy atom. The minimum absolute atomic E-state index is 0.112. The SMILES string of the molecule is O=C(NCc1cc(F)c(F)c(F)c1)c1ccc2c(c1)ncn2-c1n[nH]c2ccccc12. The number of aromatic amines is 1. The van der Waals surface area contributed by atoms with E-state index in [4.69, 9.17) is 0 Å². The molecule has 0 aliphatic heterocycles. The van der Waals surface area contributed by atoms with Crippen LogP contribution in [0.25, 0.3) is 27.8 Å². The number of rotatable bonds is 4. The number of hydrogen-bond donors (Lipinski definition) is 2. The van der Waals surface area contributed by atoms with Crippen LogP contribution in [0.4, 0.5) is 13.2 Å². The number of imidazole rings is 1. The normalized spacial score (nSPS) is 11.3. The molecular formula is C22H14F3N5O. The molecule has 6 nitrogen and oxygen atoms in total. The summed E-state index contributed by atoms with van der Waals surface area (Å²) in [5, 5.41) is 10.8. The molecule has 0 aliphatic carbocycles. The van der Waals surface area contributed by atoms with Crippen LogP contribution in [0.5, 0.6) is 0 Å². The number of nitrogens with zero attached hydrogens (tertiary/aromatic N) is 3. The molecule has 31 heavy (non-hydrogen) atoms. The van der Waals surface area contributed by atoms with Gasteiger partial charge in [-0.15, -0.1) is 0 Å². The van der Waals surface area contributed by atoms with Crippen molar-refractivity contribution in [3.05, 3.63) is 89.5 Å². The molecule has 5 rings (SSSR count). The van der Waals surface area contributed by atoms with E-state index in [-0.39, 0.29) is 12.1 Å². The van der Waals surface area contributed by atoms with Gasteiger partial charge in [-0.05, 0) is 48.0 Å². The highest BCUT2D eigenvalue weighted by Crippen LogP contribution is 2.24. The smallest absolute Gasteiger partial charge is 0.251 e. The van der Waals surface area contributed by atoms with Gasteiger partial charge >= 0.3 is 0 Å². The first-order valence-electron chi connectivity index (χ1n) is 9.33. The van der Waals surface area contributed by atoms with E-state index in [1.807, 2.05) is 28.8 Å². The van der Waals surface area contributed by atoms with Crippen molar-refractivity contribution in [2.45, 2.75) is 6.54 Å². The standard InChI is InChI=1S/C22H14F3N5O/c23-15-7-12(8-16(24)20(15)25)10-26-22(31)13-5-6-19-18(9-13)27-11-30(19)21-14-3-1-2-4-17(14)28-29-21/h1-9,11H,10H2,(H,26,31)(H,28,29). The summed E-state index contributed by atoms with van der Waals surface area (Å²) in [6.45, 7) is -0.154. The van der Waals surface area contributed by atoms with Gasteiger partial charge in [0.1, 0.15) is 6.33 Å². The highest BCUT2D eigenvalue weighted by Gasteiger charge is 2.15. The molecule has 2 heterocycles. The van der Waals surface area contributed by atoms with Crippen LogP contribution in [0.15, 0.2) is 60.9 Å². The maximum atomic E-state index is 13.3. The molecule has 5 aromatic rings. The Hall–Kier alpha value is -4.14. The van der Waals surface area contributed by atoms with Gasteiger partial charge in [0.15, 0.2) is 23.3 Å². The number of benzene rings is 3. The van der Waals surface area contributed by atoms with Crippen molar-refractivity contribution in [2.75, 3.05) is 0 Å². The van der Waals surface area contributed by atoms with Crippen molar-refractivity contribution in [1.29, 1.82) is 0 Å². The molecular weight excluding hydrogens is 407 g/mol. The van der Waals surface area contributed by atoms with E-state index < -0.39 is 23.4 Å². The number of fused-ring (bicyclic) bond motifs is 2. The van der Waals surface area contributed by atoms with Gasteiger partial charge in [0.25, 0.3) is 5.91 Å². The largest absolute Gasteiger partial charge is 0.348 e. The summed E-state index contributed by atoms with van der Waals surface area (Å²) in [7, 11) is 0. The van der Waals surface area contributed by atoms with Gasteiger partial charge < -0.3 is 5.32 Å². The predicted octanol–water partition coefficient (Wildman–Crippen LogP) is 4.25. The topological polar surface area (TPSA) is 75.6 Å². The third kappa shape index (κ3) is 3.29. The predicted molar refractivity (Wildman–Crippen MR) is 108 cm³/mol. The van der Waals surface area contributed by atoms with E-state index in [1.165, 1.54) is 0 Å². The van der Waals surface area contributed by atoms with E-state index in [1.54, 1.807) is 24.5 Å². The number of para-hydroxylation sites is 1. The van der Waals surface area contributed by atoms with E-state index in [9.17, 15) is 18.0 Å². The number of hydrogen-bond acceptors (Lipinski definition) is 3. The summed E-state index contributed by atoms with van der Waals surface area (Å²) < 4.78 is 41.5. The summed E-state index contributed by atoms with van der Waals surface area (Å²) in [5.41, 5.74) is 2.67. The summed E-state index contributed by atoms with van der Waals surface area (Å²) >= 11 is 0. The second-order valence-corrected chi connectivity index (χ2v) is 6.97. The zero-order valence-corrected chi connectivity index (χ0v) is 15.9. The fraction of sp³-hybridized carbons (Fsp3) is 0.0455. The highest BCUT2D eigenvalue weighted by atomic mass is 19.2. The molecule has 0 fully saturated rings. The Kier molecular flexibility index (Phi) is 4.43. The van der Waals surface area contributed by atoms with Gasteiger partial charge in [0.05, 0.1) is 16.6 Å². The second-order valence-electron chi connectivity index (χ2n) is 6.97. The molecule has 0 radical (unpaired) electrons. The lowest BCUT2D eigenvalue weighted by molar-refractivity contribution is 0.0951. The van der Waals surface area contributed by atoms with Crippen molar-refractivity contribution < 1.29 is 18.0 Å². The third-order valence-corrected chi connectivity index (χ3v) is 4.98. The third-order valence-electron chi connectivity index (χ3n) is 4.98. The minimum atomic E-state index is -1.54. The van der Waals surface area contributed by atoms with Gasteiger partial charge in [0, 0.05) is 17.5 Å². The number of H-pyrrole nitrogens is 1. The van der Waals surface area contributed by atoms with Gasteiger partial charge in [-0.2, -0.15) is 5.10 Å². The maximum Gasteiger partial charge on any atom is 0.251 e. The molecule has 0 aliphatic rings. The molecule has 0 bridgehead atoms. The quantitative estimate of drug-likeness (QED) is 0.426. The van der Waals surface area contributed by atoms with Crippen LogP contribution in [-0.4, -0.2) is 25.7 Å². The van der Waals surface area contributed by atoms with Crippen LogP contribution < -0.4 is 5.32 Å². The van der Waals surface area contributed by atoms with Crippen LogP contribution in [0.1, 0.15) is 15.9 Å². The summed E-state index contributed by atoms with van der Waals surface area (Å²) in [4.78, 5) is 16.8. The van der Waals surface area contributed by atoms with Crippen molar-refractivity contribution in [3.63, 3.8) is 0 Å². The van der Waals surface area contributed by atoms with E-state index in [2.05, 4.69) is 20.5 Å². The van der Waals surface area contributed by atoms with E-state index in [0.717, 1.165) is 28.6 Å². The van der Waals surface area contributed by atoms with Gasteiger partial charge in [-0.25, -0.2) is 18.2 Å². The Morgan fingerprint density at radius 3 is 2.61 bits per heavy atom. The van der Waals surface area contributed by atoms with Crippen molar-refractivity contribution >= 4 is 27.8 Å². The Balaban J connectivity index is 1.40. The monoisotopic (exact) mass is 421 g/mol. The average molecular weight is 421 g/mol. The molecule has 0 saturated heterocycles. The fourth-order valence-corrected chi connectivity index (χ4v) is 3.45. The summed E-state index contributed by atoms with van der Waals surface area (Å²) in [5.74, 6) is -3.91. The van der Waals surface area contributed by atoms with E-state index >= 15 is 0 Å². The second kappa shape index (κ2) is 7.28. The molecule has 0 spiro atoms. The first kappa shape index (κ1) is 18.9. The van der Waals surface area contributed by atoms with Gasteiger partial charge in [-0.1, -0.05) is 12.1 Å². The lowest BCUT2D eigenvalue weighted by atomic mass is 10.1. The molecule has 2 N–H and O–H groups in total. The molecule has 0 atom stereocenters. The van der Waals surface area contributed by atoms with Gasteiger partial charge in [0.2, 0.25) is 0 Å². The summed E-state index contributed by atoms with van der Waals surface area (Å²) in [6.07, 6.45) is 1.62. The van der Waals surface area contributed by atoms with Crippen LogP contribution in [0.2, 0.25) is 0 Å². The molecule has 0 unspecified atom stereocenters. The number of aromatic nitrogens is 4. The highest BCUT2D eigenvalue weighted by molar-refractivity contribution is 5.98. The van der Waals surface area contributed by atoms with Crippen LogP contribution in [0, 0.1) is 17.5 Å².